The SMILES string of the molecule is Cc1ccc2cc(/C=C/C=C/c3ccc(/C=C/C=C/c4ccc5cc(C)ccc5c4)cc3)ccc2c1. The molecule has 174 valence electrons. The topological polar surface area (TPSA) is 0 Å². The molecule has 0 atom stereocenters. The Balaban J connectivity index is 1.17. The quantitative estimate of drug-likeness (QED) is 0.220. The van der Waals surface area contributed by atoms with Crippen molar-refractivity contribution in [3.8, 4) is 0 Å². The standard InChI is InChI=1S/C36H30/c1-27-11-19-35-25-31(17-21-33(35)23-27)9-5-3-7-29-13-15-30(16-14-29)8-4-6-10-32-18-22-34-24-28(2)12-20-36(34)26-32/h3-26H,1-2H3/b7-3+,8-4+,9-5+,10-6+. The molecule has 0 fully saturated rings. The van der Waals surface area contributed by atoms with E-state index in [-0.39, 0.29) is 0 Å². The molecule has 5 aromatic rings. The number of hydrogen-bond donors (Lipinski definition) is 0. The second-order valence-corrected chi connectivity index (χ2v) is 9.32. The first-order chi connectivity index (χ1) is 17.6. The zero-order valence-electron chi connectivity index (χ0n) is 20.9. The average Bonchev–Trinajstić information content (AvgIpc) is 2.90. The minimum atomic E-state index is 1.19. The lowest BCUT2D eigenvalue weighted by Gasteiger charge is -2.01. The van der Waals surface area contributed by atoms with Crippen LogP contribution < -0.4 is 0 Å². The Morgan fingerprint density at radius 1 is 0.333 bits per heavy atom. The van der Waals surface area contributed by atoms with Crippen LogP contribution in [0, 0.1) is 13.8 Å². The van der Waals surface area contributed by atoms with Gasteiger partial charge in [-0.3, -0.25) is 0 Å². The number of allylic oxidation sites excluding steroid dienone is 4. The van der Waals surface area contributed by atoms with E-state index >= 15 is 0 Å². The maximum Gasteiger partial charge on any atom is -0.0178 e. The summed E-state index contributed by atoms with van der Waals surface area (Å²) in [6.45, 7) is 4.26. The molecule has 0 saturated carbocycles. The summed E-state index contributed by atoms with van der Waals surface area (Å²) in [5.41, 5.74) is 7.39. The third-order valence-corrected chi connectivity index (χ3v) is 6.35. The van der Waals surface area contributed by atoms with E-state index in [2.05, 4.69) is 160 Å². The van der Waals surface area contributed by atoms with Gasteiger partial charge in [0, 0.05) is 0 Å². The van der Waals surface area contributed by atoms with Crippen molar-refractivity contribution < 1.29 is 0 Å². The molecule has 5 aromatic carbocycles. The molecule has 0 unspecified atom stereocenters. The van der Waals surface area contributed by atoms with Crippen molar-refractivity contribution >= 4 is 45.8 Å². The predicted molar refractivity (Wildman–Crippen MR) is 160 cm³/mol. The molecule has 0 heterocycles. The third-order valence-electron chi connectivity index (χ3n) is 6.35. The molecular formula is C36H30. The zero-order chi connectivity index (χ0) is 24.7. The molecule has 0 aliphatic rings. The largest absolute Gasteiger partial charge is 0.0617 e. The highest BCUT2D eigenvalue weighted by Crippen LogP contribution is 2.20. The first-order valence-electron chi connectivity index (χ1n) is 12.4. The van der Waals surface area contributed by atoms with E-state index in [1.165, 1.54) is 54.9 Å². The minimum absolute atomic E-state index is 1.19. The van der Waals surface area contributed by atoms with Gasteiger partial charge < -0.3 is 0 Å². The van der Waals surface area contributed by atoms with E-state index < -0.39 is 0 Å². The molecular weight excluding hydrogens is 432 g/mol. The minimum Gasteiger partial charge on any atom is -0.0617 e. The summed E-state index contributed by atoms with van der Waals surface area (Å²) in [6.07, 6.45) is 17.0. The van der Waals surface area contributed by atoms with E-state index in [0.717, 1.165) is 0 Å². The van der Waals surface area contributed by atoms with Crippen LogP contribution in [0.4, 0.5) is 0 Å². The van der Waals surface area contributed by atoms with Crippen LogP contribution in [-0.4, -0.2) is 0 Å². The van der Waals surface area contributed by atoms with Crippen LogP contribution in [0.3, 0.4) is 0 Å². The van der Waals surface area contributed by atoms with Crippen molar-refractivity contribution in [3.63, 3.8) is 0 Å². The van der Waals surface area contributed by atoms with Gasteiger partial charge in [0.15, 0.2) is 0 Å². The monoisotopic (exact) mass is 462 g/mol. The summed E-state index contributed by atoms with van der Waals surface area (Å²) in [5, 5.41) is 5.13. The van der Waals surface area contributed by atoms with Gasteiger partial charge in [-0.25, -0.2) is 0 Å². The molecule has 0 amide bonds. The van der Waals surface area contributed by atoms with Crippen LogP contribution in [0.25, 0.3) is 45.8 Å². The van der Waals surface area contributed by atoms with Crippen molar-refractivity contribution in [3.05, 3.63) is 155 Å². The molecule has 0 bridgehead atoms. The summed E-state index contributed by atoms with van der Waals surface area (Å²) in [4.78, 5) is 0. The van der Waals surface area contributed by atoms with Gasteiger partial charge in [-0.15, -0.1) is 0 Å². The Bertz CT molecular complexity index is 1500. The lowest BCUT2D eigenvalue weighted by molar-refractivity contribution is 1.50. The summed E-state index contributed by atoms with van der Waals surface area (Å²) < 4.78 is 0. The summed E-state index contributed by atoms with van der Waals surface area (Å²) in [7, 11) is 0. The second-order valence-electron chi connectivity index (χ2n) is 9.32. The lowest BCUT2D eigenvalue weighted by Crippen LogP contribution is -1.77. The van der Waals surface area contributed by atoms with Gasteiger partial charge in [0.25, 0.3) is 0 Å². The molecule has 0 spiro atoms. The Morgan fingerprint density at radius 2 is 0.639 bits per heavy atom. The van der Waals surface area contributed by atoms with Crippen LogP contribution in [0.15, 0.2) is 121 Å². The highest BCUT2D eigenvalue weighted by atomic mass is 14.0. The number of rotatable bonds is 6. The summed E-state index contributed by atoms with van der Waals surface area (Å²) in [6, 6.07) is 34.9. The Labute approximate surface area is 214 Å². The van der Waals surface area contributed by atoms with Crippen LogP contribution in [0.1, 0.15) is 33.4 Å². The van der Waals surface area contributed by atoms with Crippen molar-refractivity contribution in [2.24, 2.45) is 0 Å². The van der Waals surface area contributed by atoms with Crippen LogP contribution in [0.5, 0.6) is 0 Å². The molecule has 0 N–H and O–H groups in total. The van der Waals surface area contributed by atoms with E-state index in [0.29, 0.717) is 0 Å². The zero-order valence-corrected chi connectivity index (χ0v) is 20.9. The first-order valence-corrected chi connectivity index (χ1v) is 12.4. The fourth-order valence-corrected chi connectivity index (χ4v) is 4.36. The normalized spacial score (nSPS) is 12.3. The van der Waals surface area contributed by atoms with Crippen LogP contribution >= 0.6 is 0 Å². The van der Waals surface area contributed by atoms with Crippen molar-refractivity contribution in [2.45, 2.75) is 13.8 Å². The van der Waals surface area contributed by atoms with Gasteiger partial charge in [0.1, 0.15) is 0 Å². The molecule has 36 heavy (non-hydrogen) atoms. The van der Waals surface area contributed by atoms with Crippen molar-refractivity contribution in [1.82, 2.24) is 0 Å². The first kappa shape index (κ1) is 23.3. The predicted octanol–water partition coefficient (Wildman–Crippen LogP) is 10.1. The van der Waals surface area contributed by atoms with Crippen LogP contribution in [0.2, 0.25) is 0 Å². The maximum absolute atomic E-state index is 2.23. The molecule has 0 aromatic heterocycles. The van der Waals surface area contributed by atoms with E-state index in [4.69, 9.17) is 0 Å². The van der Waals surface area contributed by atoms with Gasteiger partial charge in [0.05, 0.1) is 0 Å². The number of benzene rings is 5. The fraction of sp³-hybridized carbons (Fsp3) is 0.0556. The second kappa shape index (κ2) is 10.9. The summed E-state index contributed by atoms with van der Waals surface area (Å²) >= 11 is 0. The van der Waals surface area contributed by atoms with Gasteiger partial charge in [-0.1, -0.05) is 145 Å². The van der Waals surface area contributed by atoms with Crippen LogP contribution in [-0.2, 0) is 0 Å². The number of fused-ring (bicyclic) bond motifs is 2. The Hall–Kier alpha value is -4.42. The molecule has 0 heteroatoms. The maximum atomic E-state index is 2.23. The molecule has 0 aliphatic heterocycles. The summed E-state index contributed by atoms with van der Waals surface area (Å²) in [5.74, 6) is 0. The van der Waals surface area contributed by atoms with E-state index in [1.807, 2.05) is 0 Å². The van der Waals surface area contributed by atoms with Gasteiger partial charge in [0.2, 0.25) is 0 Å². The van der Waals surface area contributed by atoms with E-state index in [9.17, 15) is 0 Å². The van der Waals surface area contributed by atoms with Crippen molar-refractivity contribution in [1.29, 1.82) is 0 Å². The molecule has 0 radical (unpaired) electrons. The Kier molecular flexibility index (Phi) is 7.05. The lowest BCUT2D eigenvalue weighted by atomic mass is 10.0. The fourth-order valence-electron chi connectivity index (χ4n) is 4.36. The van der Waals surface area contributed by atoms with Gasteiger partial charge in [-0.05, 0) is 69.8 Å². The van der Waals surface area contributed by atoms with E-state index in [1.54, 1.807) is 0 Å². The third kappa shape index (κ3) is 5.98. The molecule has 0 aliphatic carbocycles. The number of hydrogen-bond acceptors (Lipinski definition) is 0. The van der Waals surface area contributed by atoms with Crippen molar-refractivity contribution in [2.75, 3.05) is 0 Å². The smallest absolute Gasteiger partial charge is 0.0178 e. The highest BCUT2D eigenvalue weighted by molar-refractivity contribution is 5.86. The van der Waals surface area contributed by atoms with Gasteiger partial charge in [-0.2, -0.15) is 0 Å². The number of aryl methyl sites for hydroxylation is 2. The molecule has 0 nitrogen and oxygen atoms in total. The van der Waals surface area contributed by atoms with Gasteiger partial charge >= 0.3 is 0 Å². The molecule has 0 saturated heterocycles. The average molecular weight is 463 g/mol. The Morgan fingerprint density at radius 3 is 1.06 bits per heavy atom. The highest BCUT2D eigenvalue weighted by Gasteiger charge is 1.96. The molecule has 5 rings (SSSR count).